The Kier molecular flexibility index (Phi) is 5.69. The van der Waals surface area contributed by atoms with Gasteiger partial charge < -0.3 is 11.1 Å². The van der Waals surface area contributed by atoms with E-state index < -0.39 is 0 Å². The summed E-state index contributed by atoms with van der Waals surface area (Å²) in [4.78, 5) is 15.2. The molecule has 126 valence electrons. The van der Waals surface area contributed by atoms with Crippen molar-refractivity contribution < 1.29 is 4.79 Å². The van der Waals surface area contributed by atoms with Crippen LogP contribution in [0.15, 0.2) is 0 Å². The topological polar surface area (TPSA) is 58.4 Å². The highest BCUT2D eigenvalue weighted by Crippen LogP contribution is 2.36. The summed E-state index contributed by atoms with van der Waals surface area (Å²) in [6.07, 6.45) is 9.21. The van der Waals surface area contributed by atoms with E-state index in [1.54, 1.807) is 0 Å². The number of rotatable bonds is 4. The maximum atomic E-state index is 12.5. The molecule has 1 aliphatic heterocycles. The first-order valence-electron chi connectivity index (χ1n) is 9.06. The molecule has 2 saturated carbocycles. The smallest absolute Gasteiger partial charge is 0.223 e. The average Bonchev–Trinajstić information content (AvgIpc) is 3.04. The Morgan fingerprint density at radius 3 is 2.59 bits per heavy atom. The molecule has 3 fully saturated rings. The monoisotopic (exact) mass is 325 g/mol. The van der Waals surface area contributed by atoms with Gasteiger partial charge in [0, 0.05) is 48.6 Å². The zero-order valence-corrected chi connectivity index (χ0v) is 14.5. The molecule has 2 atom stereocenters. The third-order valence-corrected chi connectivity index (χ3v) is 6.84. The van der Waals surface area contributed by atoms with Crippen molar-refractivity contribution >= 4 is 17.7 Å². The molecule has 0 spiro atoms. The molecule has 2 unspecified atom stereocenters. The summed E-state index contributed by atoms with van der Waals surface area (Å²) in [6, 6.07) is 0.226. The van der Waals surface area contributed by atoms with Crippen LogP contribution in [0.25, 0.3) is 0 Å². The van der Waals surface area contributed by atoms with Crippen LogP contribution in [-0.2, 0) is 4.79 Å². The van der Waals surface area contributed by atoms with E-state index in [1.165, 1.54) is 50.3 Å². The van der Waals surface area contributed by atoms with Gasteiger partial charge in [-0.05, 0) is 32.1 Å². The van der Waals surface area contributed by atoms with Gasteiger partial charge in [0.25, 0.3) is 0 Å². The minimum Gasteiger partial charge on any atom is -0.354 e. The van der Waals surface area contributed by atoms with Gasteiger partial charge >= 0.3 is 0 Å². The fraction of sp³-hybridized carbons (Fsp3) is 0.941. The highest BCUT2D eigenvalue weighted by atomic mass is 32.2. The van der Waals surface area contributed by atoms with Crippen molar-refractivity contribution in [3.63, 3.8) is 0 Å². The number of amides is 1. The minimum atomic E-state index is 0.152. The van der Waals surface area contributed by atoms with Gasteiger partial charge in [-0.1, -0.05) is 19.3 Å². The number of hydrogen-bond acceptors (Lipinski definition) is 4. The first-order chi connectivity index (χ1) is 10.7. The van der Waals surface area contributed by atoms with E-state index in [4.69, 9.17) is 5.73 Å². The number of carbonyl (C=O) groups excluding carboxylic acids is 1. The Morgan fingerprint density at radius 1 is 1.18 bits per heavy atom. The van der Waals surface area contributed by atoms with E-state index >= 15 is 0 Å². The molecule has 2 aliphatic carbocycles. The summed E-state index contributed by atoms with van der Waals surface area (Å²) in [5.41, 5.74) is 6.28. The third kappa shape index (κ3) is 3.80. The van der Waals surface area contributed by atoms with Crippen molar-refractivity contribution in [3.05, 3.63) is 0 Å². The molecule has 22 heavy (non-hydrogen) atoms. The van der Waals surface area contributed by atoms with Gasteiger partial charge in [-0.3, -0.25) is 9.69 Å². The van der Waals surface area contributed by atoms with Crippen LogP contribution < -0.4 is 11.1 Å². The first-order valence-corrected chi connectivity index (χ1v) is 10.2. The Morgan fingerprint density at radius 2 is 1.91 bits per heavy atom. The molecule has 1 saturated heterocycles. The second-order valence-corrected chi connectivity index (χ2v) is 8.60. The van der Waals surface area contributed by atoms with Crippen LogP contribution in [0.3, 0.4) is 0 Å². The fourth-order valence-corrected chi connectivity index (χ4v) is 5.44. The predicted molar refractivity (Wildman–Crippen MR) is 93.0 cm³/mol. The van der Waals surface area contributed by atoms with Gasteiger partial charge in [0.1, 0.15) is 0 Å². The Bertz CT molecular complexity index is 378. The van der Waals surface area contributed by atoms with Crippen molar-refractivity contribution in [2.45, 2.75) is 62.9 Å². The molecule has 3 aliphatic rings. The van der Waals surface area contributed by atoms with Crippen LogP contribution in [0.1, 0.15) is 51.4 Å². The molecule has 1 amide bonds. The molecule has 3 rings (SSSR count). The lowest BCUT2D eigenvalue weighted by molar-refractivity contribution is -0.126. The molecular weight excluding hydrogens is 294 g/mol. The normalized spacial score (nSPS) is 32.8. The van der Waals surface area contributed by atoms with Gasteiger partial charge in [-0.2, -0.15) is 11.8 Å². The van der Waals surface area contributed by atoms with Gasteiger partial charge in [0.2, 0.25) is 5.91 Å². The number of nitrogens with two attached hydrogens (primary N) is 1. The predicted octanol–water partition coefficient (Wildman–Crippen LogP) is 1.98. The minimum absolute atomic E-state index is 0.152. The van der Waals surface area contributed by atoms with Crippen molar-refractivity contribution in [2.24, 2.45) is 11.7 Å². The Hall–Kier alpha value is -0.260. The Balaban J connectivity index is 1.56. The number of nitrogens with one attached hydrogen (secondary N) is 1. The van der Waals surface area contributed by atoms with Gasteiger partial charge in [-0.25, -0.2) is 0 Å². The summed E-state index contributed by atoms with van der Waals surface area (Å²) in [6.45, 7) is 3.23. The molecule has 0 aromatic heterocycles. The zero-order chi connectivity index (χ0) is 15.4. The lowest BCUT2D eigenvalue weighted by Gasteiger charge is -2.43. The van der Waals surface area contributed by atoms with Crippen molar-refractivity contribution in [1.82, 2.24) is 10.2 Å². The second kappa shape index (κ2) is 7.54. The van der Waals surface area contributed by atoms with Crippen LogP contribution in [0.4, 0.5) is 0 Å². The average molecular weight is 326 g/mol. The summed E-state index contributed by atoms with van der Waals surface area (Å²) in [5.74, 6) is 2.90. The lowest BCUT2D eigenvalue weighted by atomic mass is 9.85. The number of thioether (sulfide) groups is 1. The van der Waals surface area contributed by atoms with Crippen LogP contribution in [-0.4, -0.2) is 53.5 Å². The Labute approximate surface area is 138 Å². The van der Waals surface area contributed by atoms with Crippen LogP contribution >= 0.6 is 11.8 Å². The van der Waals surface area contributed by atoms with E-state index in [1.807, 2.05) is 0 Å². The molecule has 0 aromatic rings. The van der Waals surface area contributed by atoms with Gasteiger partial charge in [-0.15, -0.1) is 0 Å². The second-order valence-electron chi connectivity index (χ2n) is 7.37. The highest BCUT2D eigenvalue weighted by molar-refractivity contribution is 7.99. The summed E-state index contributed by atoms with van der Waals surface area (Å²) >= 11 is 2.06. The van der Waals surface area contributed by atoms with Crippen molar-refractivity contribution in [3.8, 4) is 0 Å². The van der Waals surface area contributed by atoms with Gasteiger partial charge in [0.15, 0.2) is 0 Å². The maximum absolute atomic E-state index is 12.5. The van der Waals surface area contributed by atoms with E-state index in [9.17, 15) is 4.79 Å². The summed E-state index contributed by atoms with van der Waals surface area (Å²) < 4.78 is 0. The SMILES string of the molecule is NC1CCCC(C(=O)NCC2(N3CCSCC3)CCCC2)C1. The summed E-state index contributed by atoms with van der Waals surface area (Å²) in [7, 11) is 0. The van der Waals surface area contributed by atoms with Crippen LogP contribution in [0, 0.1) is 5.92 Å². The molecule has 0 aromatic carbocycles. The molecule has 1 heterocycles. The largest absolute Gasteiger partial charge is 0.354 e. The van der Waals surface area contributed by atoms with Crippen molar-refractivity contribution in [2.75, 3.05) is 31.1 Å². The quantitative estimate of drug-likeness (QED) is 0.830. The summed E-state index contributed by atoms with van der Waals surface area (Å²) in [5, 5.41) is 3.31. The maximum Gasteiger partial charge on any atom is 0.223 e. The molecule has 0 radical (unpaired) electrons. The molecular formula is C17H31N3OS. The van der Waals surface area contributed by atoms with E-state index in [0.717, 1.165) is 32.2 Å². The highest BCUT2D eigenvalue weighted by Gasteiger charge is 2.40. The molecule has 0 bridgehead atoms. The number of carbonyl (C=O) groups is 1. The van der Waals surface area contributed by atoms with Crippen LogP contribution in [0.5, 0.6) is 0 Å². The van der Waals surface area contributed by atoms with E-state index in [2.05, 4.69) is 22.0 Å². The number of nitrogens with zero attached hydrogens (tertiary/aromatic N) is 1. The third-order valence-electron chi connectivity index (χ3n) is 5.89. The number of hydrogen-bond donors (Lipinski definition) is 2. The first kappa shape index (κ1) is 16.6. The molecule has 4 nitrogen and oxygen atoms in total. The standard InChI is InChI=1S/C17H31N3OS/c18-15-5-3-4-14(12-15)16(21)19-13-17(6-1-2-7-17)20-8-10-22-11-9-20/h14-15H,1-13,18H2,(H,19,21). The molecule has 3 N–H and O–H groups in total. The fourth-order valence-electron chi connectivity index (χ4n) is 4.54. The van der Waals surface area contributed by atoms with Gasteiger partial charge in [0.05, 0.1) is 0 Å². The molecule has 5 heteroatoms. The lowest BCUT2D eigenvalue weighted by Crippen LogP contribution is -2.57. The van der Waals surface area contributed by atoms with E-state index in [0.29, 0.717) is 0 Å². The van der Waals surface area contributed by atoms with E-state index in [-0.39, 0.29) is 23.4 Å². The zero-order valence-electron chi connectivity index (χ0n) is 13.7. The van der Waals surface area contributed by atoms with Crippen molar-refractivity contribution in [1.29, 1.82) is 0 Å². The van der Waals surface area contributed by atoms with Crippen LogP contribution in [0.2, 0.25) is 0 Å².